The van der Waals surface area contributed by atoms with E-state index in [0.29, 0.717) is 0 Å². The molecule has 0 spiro atoms. The van der Waals surface area contributed by atoms with Crippen molar-refractivity contribution in [1.82, 2.24) is 14.9 Å². The molecule has 5 nitrogen and oxygen atoms in total. The molecule has 2 aromatic rings. The summed E-state index contributed by atoms with van der Waals surface area (Å²) >= 11 is 0. The fraction of sp³-hybridized carbons (Fsp3) is 0.375. The van der Waals surface area contributed by atoms with Gasteiger partial charge in [0.1, 0.15) is 18.0 Å². The van der Waals surface area contributed by atoms with Gasteiger partial charge in [0.2, 0.25) is 0 Å². The predicted octanol–water partition coefficient (Wildman–Crippen LogP) is 2.64. The van der Waals surface area contributed by atoms with E-state index in [0.717, 1.165) is 43.4 Å². The van der Waals surface area contributed by atoms with Crippen molar-refractivity contribution in [2.24, 2.45) is 0 Å². The van der Waals surface area contributed by atoms with Crippen LogP contribution in [0.2, 0.25) is 0 Å². The Kier molecular flexibility index (Phi) is 4.01. The molecule has 0 atom stereocenters. The third-order valence-electron chi connectivity index (χ3n) is 3.98. The Balaban J connectivity index is 1.86. The average Bonchev–Trinajstić information content (AvgIpc) is 2.55. The lowest BCUT2D eigenvalue weighted by atomic mass is 9.98. The number of rotatable bonds is 4. The highest BCUT2D eigenvalue weighted by molar-refractivity contribution is 5.64. The summed E-state index contributed by atoms with van der Waals surface area (Å²) in [5.74, 6) is 1.63. The van der Waals surface area contributed by atoms with Crippen LogP contribution in [0.1, 0.15) is 18.1 Å². The zero-order chi connectivity index (χ0) is 14.7. The Morgan fingerprint density at radius 1 is 1.24 bits per heavy atom. The molecule has 0 saturated carbocycles. The van der Waals surface area contributed by atoms with Crippen molar-refractivity contribution in [1.29, 1.82) is 0 Å². The third kappa shape index (κ3) is 2.97. The van der Waals surface area contributed by atoms with Gasteiger partial charge in [-0.25, -0.2) is 9.97 Å². The molecule has 5 heteroatoms. The highest BCUT2D eigenvalue weighted by Crippen LogP contribution is 2.28. The summed E-state index contributed by atoms with van der Waals surface area (Å²) in [6.45, 7) is 5.47. The summed E-state index contributed by atoms with van der Waals surface area (Å²) in [5.41, 5.74) is 3.98. The summed E-state index contributed by atoms with van der Waals surface area (Å²) in [6, 6.07) is 8.38. The number of benzene rings is 1. The van der Waals surface area contributed by atoms with Gasteiger partial charge in [-0.15, -0.1) is 0 Å². The van der Waals surface area contributed by atoms with Crippen molar-refractivity contribution in [3.8, 4) is 0 Å². The average molecular weight is 283 g/mol. The number of hydrogen-bond acceptors (Lipinski definition) is 5. The lowest BCUT2D eigenvalue weighted by Gasteiger charge is -2.29. The first kappa shape index (κ1) is 13.8. The van der Waals surface area contributed by atoms with E-state index >= 15 is 0 Å². The number of fused-ring (bicyclic) bond motifs is 1. The molecule has 0 unspecified atom stereocenters. The normalized spacial score (nSPS) is 14.6. The third-order valence-corrected chi connectivity index (χ3v) is 3.98. The number of anilines is 3. The number of hydrogen-bond donors (Lipinski definition) is 2. The largest absolute Gasteiger partial charge is 0.373 e. The molecular weight excluding hydrogens is 262 g/mol. The van der Waals surface area contributed by atoms with Crippen LogP contribution in [-0.4, -0.2) is 35.0 Å². The number of nitrogens with zero attached hydrogens (tertiary/aromatic N) is 3. The summed E-state index contributed by atoms with van der Waals surface area (Å²) in [4.78, 5) is 10.9. The van der Waals surface area contributed by atoms with Crippen LogP contribution in [0.25, 0.3) is 0 Å². The second kappa shape index (κ2) is 6.10. The highest BCUT2D eigenvalue weighted by Gasteiger charge is 2.17. The number of likely N-dealkylation sites (N-methyl/N-ethyl adjacent to an activating group) is 1. The van der Waals surface area contributed by atoms with Gasteiger partial charge in [0.15, 0.2) is 0 Å². The molecular formula is C16H21N5. The van der Waals surface area contributed by atoms with Crippen LogP contribution >= 0.6 is 0 Å². The first-order valence-electron chi connectivity index (χ1n) is 7.40. The molecule has 1 aromatic carbocycles. The fourth-order valence-corrected chi connectivity index (χ4v) is 2.76. The maximum atomic E-state index is 4.29. The van der Waals surface area contributed by atoms with Crippen molar-refractivity contribution >= 4 is 17.3 Å². The van der Waals surface area contributed by atoms with Crippen LogP contribution in [0.3, 0.4) is 0 Å². The van der Waals surface area contributed by atoms with Gasteiger partial charge in [-0.3, -0.25) is 4.90 Å². The maximum Gasteiger partial charge on any atom is 0.135 e. The minimum Gasteiger partial charge on any atom is -0.373 e. The van der Waals surface area contributed by atoms with Crippen LogP contribution in [0.15, 0.2) is 30.6 Å². The molecule has 0 aliphatic carbocycles. The van der Waals surface area contributed by atoms with Crippen molar-refractivity contribution in [2.45, 2.75) is 19.9 Å². The summed E-state index contributed by atoms with van der Waals surface area (Å²) in [7, 11) is 1.86. The molecule has 0 fully saturated rings. The summed E-state index contributed by atoms with van der Waals surface area (Å²) in [6.07, 6.45) is 2.65. The number of aromatic nitrogens is 2. The molecule has 2 N–H and O–H groups in total. The summed E-state index contributed by atoms with van der Waals surface area (Å²) < 4.78 is 0. The van der Waals surface area contributed by atoms with Crippen LogP contribution in [0.4, 0.5) is 17.3 Å². The molecule has 0 radical (unpaired) electrons. The van der Waals surface area contributed by atoms with E-state index in [1.54, 1.807) is 6.33 Å². The van der Waals surface area contributed by atoms with Gasteiger partial charge in [-0.1, -0.05) is 19.1 Å². The zero-order valence-electron chi connectivity index (χ0n) is 12.6. The second-order valence-corrected chi connectivity index (χ2v) is 5.23. The van der Waals surface area contributed by atoms with Gasteiger partial charge in [-0.2, -0.15) is 0 Å². The van der Waals surface area contributed by atoms with Gasteiger partial charge in [0.05, 0.1) is 0 Å². The molecule has 2 heterocycles. The van der Waals surface area contributed by atoms with Crippen LogP contribution in [-0.2, 0) is 13.0 Å². The van der Waals surface area contributed by atoms with Gasteiger partial charge >= 0.3 is 0 Å². The molecule has 0 saturated heterocycles. The van der Waals surface area contributed by atoms with Gasteiger partial charge in [0, 0.05) is 31.9 Å². The van der Waals surface area contributed by atoms with Gasteiger partial charge in [0.25, 0.3) is 0 Å². The standard InChI is InChI=1S/C16H21N5/c1-3-21-8-7-13-12(10-21)5-4-6-14(13)20-16-9-15(17-2)18-11-19-16/h4-6,9,11H,3,7-8,10H2,1-2H3,(H2,17,18,19,20). The molecule has 21 heavy (non-hydrogen) atoms. The first-order chi connectivity index (χ1) is 10.3. The quantitative estimate of drug-likeness (QED) is 0.903. The topological polar surface area (TPSA) is 53.1 Å². The lowest BCUT2D eigenvalue weighted by molar-refractivity contribution is 0.268. The van der Waals surface area contributed by atoms with E-state index in [-0.39, 0.29) is 0 Å². The Hall–Kier alpha value is -2.14. The summed E-state index contributed by atoms with van der Waals surface area (Å²) in [5, 5.41) is 6.46. The highest BCUT2D eigenvalue weighted by atomic mass is 15.1. The minimum absolute atomic E-state index is 0.814. The van der Waals surface area contributed by atoms with Crippen molar-refractivity contribution < 1.29 is 0 Å². The maximum absolute atomic E-state index is 4.29. The molecule has 110 valence electrons. The first-order valence-corrected chi connectivity index (χ1v) is 7.40. The van der Waals surface area contributed by atoms with Gasteiger partial charge in [-0.05, 0) is 30.2 Å². The Morgan fingerprint density at radius 3 is 2.90 bits per heavy atom. The SMILES string of the molecule is CCN1CCc2c(cccc2Nc2cc(NC)ncn2)C1. The smallest absolute Gasteiger partial charge is 0.135 e. The van der Waals surface area contributed by atoms with E-state index in [9.17, 15) is 0 Å². The molecule has 0 bridgehead atoms. The van der Waals surface area contributed by atoms with Crippen molar-refractivity contribution in [3.63, 3.8) is 0 Å². The molecule has 0 amide bonds. The predicted molar refractivity (Wildman–Crippen MR) is 86.0 cm³/mol. The van der Waals surface area contributed by atoms with E-state index in [2.05, 4.69) is 50.6 Å². The van der Waals surface area contributed by atoms with Crippen LogP contribution in [0.5, 0.6) is 0 Å². The minimum atomic E-state index is 0.814. The Morgan fingerprint density at radius 2 is 2.10 bits per heavy atom. The van der Waals surface area contributed by atoms with Crippen LogP contribution in [0, 0.1) is 0 Å². The monoisotopic (exact) mass is 283 g/mol. The molecule has 1 aliphatic rings. The van der Waals surface area contributed by atoms with E-state index in [1.165, 1.54) is 11.1 Å². The molecule has 3 rings (SSSR count). The van der Waals surface area contributed by atoms with Crippen molar-refractivity contribution in [2.75, 3.05) is 30.8 Å². The zero-order valence-corrected chi connectivity index (χ0v) is 12.6. The van der Waals surface area contributed by atoms with Gasteiger partial charge < -0.3 is 10.6 Å². The van der Waals surface area contributed by atoms with E-state index in [1.807, 2.05) is 13.1 Å². The fourth-order valence-electron chi connectivity index (χ4n) is 2.76. The van der Waals surface area contributed by atoms with E-state index in [4.69, 9.17) is 0 Å². The van der Waals surface area contributed by atoms with E-state index < -0.39 is 0 Å². The Labute approximate surface area is 125 Å². The second-order valence-electron chi connectivity index (χ2n) is 5.23. The molecule has 1 aromatic heterocycles. The number of nitrogens with one attached hydrogen (secondary N) is 2. The van der Waals surface area contributed by atoms with Crippen molar-refractivity contribution in [3.05, 3.63) is 41.7 Å². The Bertz CT molecular complexity index is 626. The lowest BCUT2D eigenvalue weighted by Crippen LogP contribution is -2.30. The molecule has 1 aliphatic heterocycles. The van der Waals surface area contributed by atoms with Crippen LogP contribution < -0.4 is 10.6 Å².